The van der Waals surface area contributed by atoms with E-state index in [1.807, 2.05) is 41.3 Å². The number of ether oxygens (including phenoxy) is 2. The zero-order valence-electron chi connectivity index (χ0n) is 14.6. The van der Waals surface area contributed by atoms with Gasteiger partial charge in [0.05, 0.1) is 11.7 Å². The van der Waals surface area contributed by atoms with Gasteiger partial charge in [-0.3, -0.25) is 9.78 Å². The molecule has 1 amide bonds. The Labute approximate surface area is 157 Å². The van der Waals surface area contributed by atoms with Crippen LogP contribution >= 0.6 is 11.8 Å². The second-order valence-corrected chi connectivity index (χ2v) is 7.57. The summed E-state index contributed by atoms with van der Waals surface area (Å²) in [5, 5.41) is 0. The molecule has 1 fully saturated rings. The molecule has 2 aromatic rings. The Morgan fingerprint density at radius 1 is 1.19 bits per heavy atom. The number of pyridine rings is 1. The number of carbonyl (C=O) groups excluding carboxylic acids is 1. The summed E-state index contributed by atoms with van der Waals surface area (Å²) in [5.74, 6) is 2.56. The lowest BCUT2D eigenvalue weighted by atomic mass is 10.1. The van der Waals surface area contributed by atoms with Gasteiger partial charge in [0.2, 0.25) is 5.91 Å². The molecule has 2 aliphatic rings. The maximum atomic E-state index is 12.7. The fraction of sp³-hybridized carbons (Fsp3) is 0.400. The van der Waals surface area contributed by atoms with Crippen LogP contribution in [0.3, 0.4) is 0 Å². The van der Waals surface area contributed by atoms with Gasteiger partial charge in [-0.15, -0.1) is 11.8 Å². The number of hydrogen-bond donors (Lipinski definition) is 0. The van der Waals surface area contributed by atoms with E-state index in [1.165, 1.54) is 0 Å². The smallest absolute Gasteiger partial charge is 0.223 e. The molecule has 136 valence electrons. The molecular formula is C20H22N2O3S. The second kappa shape index (κ2) is 7.99. The fourth-order valence-corrected chi connectivity index (χ4v) is 4.33. The highest BCUT2D eigenvalue weighted by molar-refractivity contribution is 7.99. The van der Waals surface area contributed by atoms with Crippen molar-refractivity contribution in [3.8, 4) is 11.5 Å². The van der Waals surface area contributed by atoms with E-state index >= 15 is 0 Å². The minimum absolute atomic E-state index is 0.128. The van der Waals surface area contributed by atoms with E-state index in [0.717, 1.165) is 47.2 Å². The molecule has 0 bridgehead atoms. The number of fused-ring (bicyclic) bond motifs is 1. The van der Waals surface area contributed by atoms with Gasteiger partial charge in [0.1, 0.15) is 13.2 Å². The van der Waals surface area contributed by atoms with Crippen LogP contribution in [0.25, 0.3) is 0 Å². The van der Waals surface area contributed by atoms with E-state index in [-0.39, 0.29) is 11.9 Å². The van der Waals surface area contributed by atoms with Gasteiger partial charge in [-0.1, -0.05) is 6.07 Å². The number of amides is 1. The standard InChI is InChI=1S/C20H22N2O3S/c23-20(22-10-3-5-17(22)16-4-1-2-9-21-16)8-13-26-15-6-7-18-19(14-15)25-12-11-24-18/h1-2,4,6-7,9,14,17H,3,5,8,10-13H2/t17-/m0/s1. The lowest BCUT2D eigenvalue weighted by Gasteiger charge is -2.24. The van der Waals surface area contributed by atoms with Gasteiger partial charge in [-0.2, -0.15) is 0 Å². The largest absolute Gasteiger partial charge is 0.486 e. The van der Waals surface area contributed by atoms with Crippen LogP contribution in [0.2, 0.25) is 0 Å². The molecule has 2 aliphatic heterocycles. The summed E-state index contributed by atoms with van der Waals surface area (Å²) in [6.45, 7) is 2.01. The highest BCUT2D eigenvalue weighted by atomic mass is 32.2. The fourth-order valence-electron chi connectivity index (χ4n) is 3.46. The average Bonchev–Trinajstić information content (AvgIpc) is 3.18. The van der Waals surface area contributed by atoms with Crippen LogP contribution in [0.1, 0.15) is 31.0 Å². The van der Waals surface area contributed by atoms with Gasteiger partial charge in [-0.05, 0) is 43.2 Å². The van der Waals surface area contributed by atoms with E-state index in [9.17, 15) is 4.79 Å². The molecule has 1 aromatic carbocycles. The third kappa shape index (κ3) is 3.80. The molecule has 1 atom stereocenters. The summed E-state index contributed by atoms with van der Waals surface area (Å²) >= 11 is 1.68. The average molecular weight is 370 g/mol. The number of hydrogen-bond acceptors (Lipinski definition) is 5. The third-order valence-corrected chi connectivity index (χ3v) is 5.70. The molecule has 3 heterocycles. The minimum atomic E-state index is 0.128. The molecule has 6 heteroatoms. The molecule has 1 aromatic heterocycles. The molecule has 4 rings (SSSR count). The van der Waals surface area contributed by atoms with Gasteiger partial charge in [0.25, 0.3) is 0 Å². The summed E-state index contributed by atoms with van der Waals surface area (Å²) in [6, 6.07) is 12.0. The third-order valence-electron chi connectivity index (χ3n) is 4.70. The molecular weight excluding hydrogens is 348 g/mol. The first-order chi connectivity index (χ1) is 12.8. The lowest BCUT2D eigenvalue weighted by molar-refractivity contribution is -0.131. The first-order valence-corrected chi connectivity index (χ1v) is 10.0. The molecule has 5 nitrogen and oxygen atoms in total. The Morgan fingerprint density at radius 3 is 2.92 bits per heavy atom. The van der Waals surface area contributed by atoms with Gasteiger partial charge in [0.15, 0.2) is 11.5 Å². The van der Waals surface area contributed by atoms with Crippen molar-refractivity contribution in [1.29, 1.82) is 0 Å². The molecule has 0 spiro atoms. The zero-order chi connectivity index (χ0) is 17.8. The molecule has 0 aliphatic carbocycles. The predicted molar refractivity (Wildman–Crippen MR) is 101 cm³/mol. The first-order valence-electron chi connectivity index (χ1n) is 9.04. The van der Waals surface area contributed by atoms with Crippen molar-refractivity contribution in [3.63, 3.8) is 0 Å². The van der Waals surface area contributed by atoms with Crippen LogP contribution in [0.15, 0.2) is 47.5 Å². The van der Waals surface area contributed by atoms with E-state index < -0.39 is 0 Å². The van der Waals surface area contributed by atoms with E-state index in [0.29, 0.717) is 19.6 Å². The molecule has 1 saturated heterocycles. The van der Waals surface area contributed by atoms with Crippen molar-refractivity contribution in [3.05, 3.63) is 48.3 Å². The molecule has 0 unspecified atom stereocenters. The summed E-state index contributed by atoms with van der Waals surface area (Å²) < 4.78 is 11.2. The predicted octanol–water partition coefficient (Wildman–Crippen LogP) is 3.70. The van der Waals surface area contributed by atoms with Gasteiger partial charge < -0.3 is 14.4 Å². The number of rotatable bonds is 5. The summed E-state index contributed by atoms with van der Waals surface area (Å²) in [6.07, 6.45) is 4.37. The van der Waals surface area contributed by atoms with E-state index in [4.69, 9.17) is 9.47 Å². The maximum absolute atomic E-state index is 12.7. The summed E-state index contributed by atoms with van der Waals surface area (Å²) in [5.41, 5.74) is 0.998. The van der Waals surface area contributed by atoms with Crippen molar-refractivity contribution in [2.45, 2.75) is 30.2 Å². The number of aromatic nitrogens is 1. The zero-order valence-corrected chi connectivity index (χ0v) is 15.4. The van der Waals surface area contributed by atoms with Crippen LogP contribution in [0.4, 0.5) is 0 Å². The van der Waals surface area contributed by atoms with Gasteiger partial charge >= 0.3 is 0 Å². The monoisotopic (exact) mass is 370 g/mol. The highest BCUT2D eigenvalue weighted by Gasteiger charge is 2.30. The minimum Gasteiger partial charge on any atom is -0.486 e. The number of thioether (sulfide) groups is 1. The van der Waals surface area contributed by atoms with Crippen LogP contribution in [-0.4, -0.2) is 41.3 Å². The quantitative estimate of drug-likeness (QED) is 0.751. The Balaban J connectivity index is 1.32. The highest BCUT2D eigenvalue weighted by Crippen LogP contribution is 2.35. The van der Waals surface area contributed by atoms with Crippen molar-refractivity contribution in [2.24, 2.45) is 0 Å². The van der Waals surface area contributed by atoms with Crippen molar-refractivity contribution < 1.29 is 14.3 Å². The number of benzene rings is 1. The summed E-state index contributed by atoms with van der Waals surface area (Å²) in [7, 11) is 0. The number of nitrogens with zero attached hydrogens (tertiary/aromatic N) is 2. The maximum Gasteiger partial charge on any atom is 0.223 e. The Kier molecular flexibility index (Phi) is 5.29. The van der Waals surface area contributed by atoms with Crippen LogP contribution in [0, 0.1) is 0 Å². The topological polar surface area (TPSA) is 51.7 Å². The Morgan fingerprint density at radius 2 is 2.08 bits per heavy atom. The molecule has 26 heavy (non-hydrogen) atoms. The van der Waals surface area contributed by atoms with Gasteiger partial charge in [-0.25, -0.2) is 0 Å². The molecule has 0 N–H and O–H groups in total. The Bertz CT molecular complexity index is 769. The first kappa shape index (κ1) is 17.2. The van der Waals surface area contributed by atoms with Crippen molar-refractivity contribution >= 4 is 17.7 Å². The van der Waals surface area contributed by atoms with Crippen molar-refractivity contribution in [1.82, 2.24) is 9.88 Å². The molecule has 0 radical (unpaired) electrons. The van der Waals surface area contributed by atoms with E-state index in [1.54, 1.807) is 18.0 Å². The van der Waals surface area contributed by atoms with Crippen LogP contribution in [-0.2, 0) is 4.79 Å². The molecule has 0 saturated carbocycles. The summed E-state index contributed by atoms with van der Waals surface area (Å²) in [4.78, 5) is 20.2. The van der Waals surface area contributed by atoms with E-state index in [2.05, 4.69) is 4.98 Å². The number of carbonyl (C=O) groups is 1. The van der Waals surface area contributed by atoms with Gasteiger partial charge in [0, 0.05) is 29.8 Å². The normalized spacial score (nSPS) is 18.8. The van der Waals surface area contributed by atoms with Crippen LogP contribution < -0.4 is 9.47 Å². The Hall–Kier alpha value is -2.21. The number of likely N-dealkylation sites (tertiary alicyclic amines) is 1. The second-order valence-electron chi connectivity index (χ2n) is 6.40. The lowest BCUT2D eigenvalue weighted by Crippen LogP contribution is -2.31. The van der Waals surface area contributed by atoms with Crippen LogP contribution in [0.5, 0.6) is 11.5 Å². The van der Waals surface area contributed by atoms with Crippen molar-refractivity contribution in [2.75, 3.05) is 25.5 Å². The SMILES string of the molecule is O=C(CCSc1ccc2c(c1)OCCO2)N1CCC[C@H]1c1ccccn1.